The third-order valence-electron chi connectivity index (χ3n) is 4.91. The van der Waals surface area contributed by atoms with E-state index in [4.69, 9.17) is 4.74 Å². The monoisotopic (exact) mass is 386 g/mol. The van der Waals surface area contributed by atoms with E-state index in [2.05, 4.69) is 15.3 Å². The number of ether oxygens (including phenoxy) is 1. The van der Waals surface area contributed by atoms with Crippen molar-refractivity contribution in [2.45, 2.75) is 51.4 Å². The molecular weight excluding hydrogens is 364 g/mol. The van der Waals surface area contributed by atoms with Crippen molar-refractivity contribution in [3.8, 4) is 0 Å². The lowest BCUT2D eigenvalue weighted by molar-refractivity contribution is -0.165. The first-order chi connectivity index (χ1) is 13.0. The van der Waals surface area contributed by atoms with Crippen LogP contribution in [0.1, 0.15) is 40.0 Å². The van der Waals surface area contributed by atoms with Crippen LogP contribution in [0, 0.1) is 13.8 Å². The quantitative estimate of drug-likeness (QED) is 0.848. The van der Waals surface area contributed by atoms with Gasteiger partial charge in [0.15, 0.2) is 6.10 Å². The number of carbonyl (C=O) groups excluding carboxylic acids is 2. The zero-order valence-corrected chi connectivity index (χ0v) is 16.2. The van der Waals surface area contributed by atoms with Crippen LogP contribution in [0.2, 0.25) is 0 Å². The van der Waals surface area contributed by atoms with Gasteiger partial charge in [0.2, 0.25) is 5.91 Å². The minimum atomic E-state index is -0.748. The number of aromatic nitrogens is 2. The summed E-state index contributed by atoms with van der Waals surface area (Å²) in [7, 11) is 0. The van der Waals surface area contributed by atoms with E-state index in [1.807, 2.05) is 30.9 Å². The lowest BCUT2D eigenvalue weighted by atomic mass is 9.98. The number of pyridine rings is 1. The van der Waals surface area contributed by atoms with Crippen LogP contribution in [0.15, 0.2) is 24.5 Å². The normalized spacial score (nSPS) is 22.7. The van der Waals surface area contributed by atoms with Gasteiger partial charge >= 0.3 is 0 Å². The summed E-state index contributed by atoms with van der Waals surface area (Å²) in [6.45, 7) is 4.23. The molecular formula is C19H22N4O3S. The van der Waals surface area contributed by atoms with Crippen LogP contribution < -0.4 is 5.32 Å². The SMILES string of the molecule is Cc1nc(C)c(CNC(=O)[C@H]2OCC(=O)N(C3CC3)[C@@H]2c2cccnc2)s1. The second-order valence-corrected chi connectivity index (χ2v) is 8.24. The molecule has 2 amide bonds. The lowest BCUT2D eigenvalue weighted by Crippen LogP contribution is -2.55. The van der Waals surface area contributed by atoms with Crippen LogP contribution >= 0.6 is 11.3 Å². The van der Waals surface area contributed by atoms with Gasteiger partial charge in [-0.1, -0.05) is 6.07 Å². The molecule has 27 heavy (non-hydrogen) atoms. The van der Waals surface area contributed by atoms with Gasteiger partial charge in [-0.05, 0) is 38.3 Å². The van der Waals surface area contributed by atoms with Gasteiger partial charge < -0.3 is 15.0 Å². The Hall–Kier alpha value is -2.32. The minimum absolute atomic E-state index is 0.0654. The number of nitrogens with zero attached hydrogens (tertiary/aromatic N) is 3. The second kappa shape index (κ2) is 7.36. The number of aryl methyl sites for hydroxylation is 2. The van der Waals surface area contributed by atoms with E-state index in [0.29, 0.717) is 6.54 Å². The van der Waals surface area contributed by atoms with Gasteiger partial charge in [0.05, 0.1) is 23.3 Å². The van der Waals surface area contributed by atoms with Gasteiger partial charge in [0.25, 0.3) is 5.91 Å². The van der Waals surface area contributed by atoms with Gasteiger partial charge in [-0.15, -0.1) is 11.3 Å². The Bertz CT molecular complexity index is 850. The maximum absolute atomic E-state index is 13.0. The molecule has 1 N–H and O–H groups in total. The molecule has 3 heterocycles. The molecule has 1 aliphatic heterocycles. The molecule has 0 spiro atoms. The first-order valence-electron chi connectivity index (χ1n) is 9.08. The van der Waals surface area contributed by atoms with Crippen LogP contribution in [-0.4, -0.2) is 45.4 Å². The first kappa shape index (κ1) is 18.1. The van der Waals surface area contributed by atoms with E-state index in [1.54, 1.807) is 23.7 Å². The summed E-state index contributed by atoms with van der Waals surface area (Å²) in [5.74, 6) is -0.281. The van der Waals surface area contributed by atoms with Crippen LogP contribution in [-0.2, 0) is 20.9 Å². The average Bonchev–Trinajstić information content (AvgIpc) is 3.44. The highest BCUT2D eigenvalue weighted by molar-refractivity contribution is 7.11. The topological polar surface area (TPSA) is 84.4 Å². The van der Waals surface area contributed by atoms with E-state index in [-0.39, 0.29) is 24.5 Å². The maximum Gasteiger partial charge on any atom is 0.251 e. The van der Waals surface area contributed by atoms with Gasteiger partial charge in [-0.2, -0.15) is 0 Å². The summed E-state index contributed by atoms with van der Waals surface area (Å²) in [5.41, 5.74) is 1.75. The van der Waals surface area contributed by atoms with E-state index in [9.17, 15) is 9.59 Å². The Morgan fingerprint density at radius 1 is 1.41 bits per heavy atom. The fourth-order valence-corrected chi connectivity index (χ4v) is 4.40. The zero-order chi connectivity index (χ0) is 19.0. The molecule has 2 atom stereocenters. The number of nitrogens with one attached hydrogen (secondary N) is 1. The number of amides is 2. The molecule has 0 aromatic carbocycles. The van der Waals surface area contributed by atoms with Crippen LogP contribution in [0.25, 0.3) is 0 Å². The van der Waals surface area contributed by atoms with Crippen molar-refractivity contribution in [1.29, 1.82) is 0 Å². The third kappa shape index (κ3) is 3.72. The maximum atomic E-state index is 13.0. The molecule has 2 aromatic heterocycles. The van der Waals surface area contributed by atoms with E-state index in [0.717, 1.165) is 34.0 Å². The van der Waals surface area contributed by atoms with Crippen LogP contribution in [0.3, 0.4) is 0 Å². The highest BCUT2D eigenvalue weighted by Crippen LogP contribution is 2.39. The third-order valence-corrected chi connectivity index (χ3v) is 5.98. The Kier molecular flexibility index (Phi) is 4.92. The predicted molar refractivity (Wildman–Crippen MR) is 100 cm³/mol. The summed E-state index contributed by atoms with van der Waals surface area (Å²) >= 11 is 1.57. The van der Waals surface area contributed by atoms with Gasteiger partial charge in [0.1, 0.15) is 6.61 Å². The molecule has 1 saturated carbocycles. The highest BCUT2D eigenvalue weighted by Gasteiger charge is 2.47. The van der Waals surface area contributed by atoms with Gasteiger partial charge in [-0.3, -0.25) is 14.6 Å². The highest BCUT2D eigenvalue weighted by atomic mass is 32.1. The van der Waals surface area contributed by atoms with Crippen molar-refractivity contribution in [3.63, 3.8) is 0 Å². The lowest BCUT2D eigenvalue weighted by Gasteiger charge is -2.40. The van der Waals surface area contributed by atoms with Crippen molar-refractivity contribution in [2.24, 2.45) is 0 Å². The molecule has 0 unspecified atom stereocenters. The molecule has 2 aromatic rings. The number of hydrogen-bond donors (Lipinski definition) is 1. The Balaban J connectivity index is 1.56. The summed E-state index contributed by atoms with van der Waals surface area (Å²) in [5, 5.41) is 3.94. The smallest absolute Gasteiger partial charge is 0.251 e. The molecule has 1 aliphatic carbocycles. The van der Waals surface area contributed by atoms with Crippen molar-refractivity contribution in [3.05, 3.63) is 45.7 Å². The molecule has 4 rings (SSSR count). The molecule has 0 bridgehead atoms. The molecule has 0 radical (unpaired) electrons. The number of morpholine rings is 1. The number of carbonyl (C=O) groups is 2. The van der Waals surface area contributed by atoms with Crippen LogP contribution in [0.4, 0.5) is 0 Å². The van der Waals surface area contributed by atoms with Gasteiger partial charge in [0, 0.05) is 23.3 Å². The number of rotatable bonds is 5. The number of hydrogen-bond acceptors (Lipinski definition) is 6. The summed E-state index contributed by atoms with van der Waals surface area (Å²) < 4.78 is 5.71. The van der Waals surface area contributed by atoms with Crippen molar-refractivity contribution < 1.29 is 14.3 Å². The van der Waals surface area contributed by atoms with E-state index in [1.165, 1.54) is 0 Å². The van der Waals surface area contributed by atoms with Crippen molar-refractivity contribution in [1.82, 2.24) is 20.2 Å². The number of thiazole rings is 1. The first-order valence-corrected chi connectivity index (χ1v) is 9.89. The molecule has 7 nitrogen and oxygen atoms in total. The summed E-state index contributed by atoms with van der Waals surface area (Å²) in [4.78, 5) is 36.9. The van der Waals surface area contributed by atoms with Crippen molar-refractivity contribution in [2.75, 3.05) is 6.61 Å². The molecule has 2 fully saturated rings. The van der Waals surface area contributed by atoms with Crippen molar-refractivity contribution >= 4 is 23.2 Å². The Morgan fingerprint density at radius 3 is 2.85 bits per heavy atom. The Morgan fingerprint density at radius 2 is 2.22 bits per heavy atom. The summed E-state index contributed by atoms with van der Waals surface area (Å²) in [6, 6.07) is 3.45. The molecule has 1 saturated heterocycles. The fourth-order valence-electron chi connectivity index (χ4n) is 3.52. The predicted octanol–water partition coefficient (Wildman–Crippen LogP) is 1.90. The fraction of sp³-hybridized carbons (Fsp3) is 0.474. The zero-order valence-electron chi connectivity index (χ0n) is 15.3. The average molecular weight is 386 g/mol. The Labute approximate surface area is 161 Å². The van der Waals surface area contributed by atoms with Crippen LogP contribution in [0.5, 0.6) is 0 Å². The van der Waals surface area contributed by atoms with Gasteiger partial charge in [-0.25, -0.2) is 4.98 Å². The standard InChI is InChI=1S/C19H22N4O3S/c1-11-15(27-12(2)22-11)9-21-19(25)18-17(13-4-3-7-20-8-13)23(14-5-6-14)16(24)10-26-18/h3-4,7-8,14,17-18H,5-6,9-10H2,1-2H3,(H,21,25)/t17-,18+/m1/s1. The van der Waals surface area contributed by atoms with E-state index >= 15 is 0 Å². The second-order valence-electron chi connectivity index (χ2n) is 6.95. The van der Waals surface area contributed by atoms with E-state index < -0.39 is 12.1 Å². The summed E-state index contributed by atoms with van der Waals surface area (Å²) in [6.07, 6.45) is 4.58. The largest absolute Gasteiger partial charge is 0.356 e. The molecule has 8 heteroatoms. The molecule has 142 valence electrons. The minimum Gasteiger partial charge on any atom is -0.356 e. The molecule has 2 aliphatic rings.